The lowest BCUT2D eigenvalue weighted by atomic mass is 9.93. The van der Waals surface area contributed by atoms with E-state index in [0.29, 0.717) is 24.1 Å². The van der Waals surface area contributed by atoms with E-state index in [9.17, 15) is 4.79 Å². The van der Waals surface area contributed by atoms with Crippen molar-refractivity contribution in [2.24, 2.45) is 11.8 Å². The van der Waals surface area contributed by atoms with Gasteiger partial charge in [0.1, 0.15) is 0 Å². The summed E-state index contributed by atoms with van der Waals surface area (Å²) in [5.74, 6) is 1.07. The summed E-state index contributed by atoms with van der Waals surface area (Å²) in [6, 6.07) is 12.0. The van der Waals surface area contributed by atoms with Crippen molar-refractivity contribution in [2.75, 3.05) is 26.2 Å². The Labute approximate surface area is 148 Å². The number of nitrogens with one attached hydrogen (secondary N) is 1. The van der Waals surface area contributed by atoms with Crippen molar-refractivity contribution >= 4 is 5.91 Å². The number of carbonyl (C=O) groups is 1. The number of nitrogens with zero attached hydrogens (tertiary/aromatic N) is 1. The summed E-state index contributed by atoms with van der Waals surface area (Å²) in [5.41, 5.74) is 2.72. The molecule has 0 radical (unpaired) electrons. The minimum atomic E-state index is -0.150. The van der Waals surface area contributed by atoms with Gasteiger partial charge in [0.25, 0.3) is 5.91 Å². The van der Waals surface area contributed by atoms with Gasteiger partial charge in [0.05, 0.1) is 19.0 Å². The van der Waals surface area contributed by atoms with Crippen molar-refractivity contribution in [3.63, 3.8) is 0 Å². The second kappa shape index (κ2) is 7.02. The van der Waals surface area contributed by atoms with Crippen LogP contribution in [-0.4, -0.2) is 43.2 Å². The lowest BCUT2D eigenvalue weighted by molar-refractivity contribution is 0.0887. The molecule has 0 spiro atoms. The number of carbonyl (C=O) groups excluding carboxylic acids is 1. The molecular formula is C20H24N2O3. The molecule has 1 aromatic heterocycles. The first-order chi connectivity index (χ1) is 12.2. The summed E-state index contributed by atoms with van der Waals surface area (Å²) < 4.78 is 11.1. The highest BCUT2D eigenvalue weighted by molar-refractivity contribution is 5.91. The number of furan rings is 1. The topological polar surface area (TPSA) is 54.7 Å². The molecule has 4 rings (SSSR count). The van der Waals surface area contributed by atoms with Crippen molar-refractivity contribution in [2.45, 2.75) is 19.6 Å². The van der Waals surface area contributed by atoms with Crippen LogP contribution in [0.1, 0.15) is 21.7 Å². The molecule has 1 N–H and O–H groups in total. The Balaban J connectivity index is 1.32. The first kappa shape index (κ1) is 16.4. The van der Waals surface area contributed by atoms with Crippen LogP contribution in [0.5, 0.6) is 0 Å². The second-order valence-electron chi connectivity index (χ2n) is 7.10. The lowest BCUT2D eigenvalue weighted by Gasteiger charge is -2.20. The molecule has 0 saturated carbocycles. The number of hydrogen-bond acceptors (Lipinski definition) is 4. The van der Waals surface area contributed by atoms with E-state index in [2.05, 4.69) is 41.4 Å². The molecule has 0 aliphatic carbocycles. The molecule has 1 amide bonds. The van der Waals surface area contributed by atoms with E-state index in [-0.39, 0.29) is 12.0 Å². The maximum absolute atomic E-state index is 12.0. The minimum absolute atomic E-state index is 0.150. The van der Waals surface area contributed by atoms with Crippen molar-refractivity contribution in [1.29, 1.82) is 0 Å². The summed E-state index contributed by atoms with van der Waals surface area (Å²) >= 11 is 0. The smallest absolute Gasteiger partial charge is 0.286 e. The predicted molar refractivity (Wildman–Crippen MR) is 94.2 cm³/mol. The number of amides is 1. The molecule has 132 valence electrons. The molecule has 0 unspecified atom stereocenters. The third-order valence-corrected chi connectivity index (χ3v) is 5.44. The lowest BCUT2D eigenvalue weighted by Crippen LogP contribution is -2.34. The quantitative estimate of drug-likeness (QED) is 0.908. The van der Waals surface area contributed by atoms with Gasteiger partial charge < -0.3 is 14.5 Å². The Kier molecular flexibility index (Phi) is 4.59. The fourth-order valence-electron chi connectivity index (χ4n) is 3.97. The summed E-state index contributed by atoms with van der Waals surface area (Å²) in [4.78, 5) is 14.5. The van der Waals surface area contributed by atoms with Crippen LogP contribution in [0.3, 0.4) is 0 Å². The first-order valence-corrected chi connectivity index (χ1v) is 8.91. The molecule has 2 aliphatic rings. The third-order valence-electron chi connectivity index (χ3n) is 5.44. The van der Waals surface area contributed by atoms with Crippen molar-refractivity contribution in [3.05, 3.63) is 59.5 Å². The average Bonchev–Trinajstić information content (AvgIpc) is 3.32. The molecule has 3 atom stereocenters. The Morgan fingerprint density at radius 3 is 2.92 bits per heavy atom. The van der Waals surface area contributed by atoms with Crippen LogP contribution in [0, 0.1) is 18.8 Å². The summed E-state index contributed by atoms with van der Waals surface area (Å²) in [7, 11) is 0. The van der Waals surface area contributed by atoms with E-state index in [1.807, 2.05) is 0 Å². The highest BCUT2D eigenvalue weighted by Crippen LogP contribution is 2.34. The zero-order chi connectivity index (χ0) is 17.2. The van der Waals surface area contributed by atoms with E-state index in [1.54, 1.807) is 12.1 Å². The number of aryl methyl sites for hydroxylation is 1. The average molecular weight is 340 g/mol. The van der Waals surface area contributed by atoms with Crippen LogP contribution in [0.15, 0.2) is 47.1 Å². The van der Waals surface area contributed by atoms with Gasteiger partial charge in [-0.15, -0.1) is 0 Å². The first-order valence-electron chi connectivity index (χ1n) is 8.91. The van der Waals surface area contributed by atoms with E-state index in [4.69, 9.17) is 9.15 Å². The SMILES string of the molecule is Cc1ccccc1CN1C[C@H]2[C@H](CNC(=O)c3ccco3)CO[C@H]2C1. The van der Waals surface area contributed by atoms with Crippen molar-refractivity contribution in [3.8, 4) is 0 Å². The van der Waals surface area contributed by atoms with Gasteiger partial charge in [-0.3, -0.25) is 9.69 Å². The van der Waals surface area contributed by atoms with Gasteiger partial charge in [-0.2, -0.15) is 0 Å². The molecule has 1 aromatic carbocycles. The Morgan fingerprint density at radius 2 is 2.12 bits per heavy atom. The van der Waals surface area contributed by atoms with Crippen LogP contribution in [-0.2, 0) is 11.3 Å². The summed E-state index contributed by atoms with van der Waals surface area (Å²) in [6.45, 7) is 6.50. The molecule has 2 aromatic rings. The Morgan fingerprint density at radius 1 is 1.24 bits per heavy atom. The third kappa shape index (κ3) is 3.48. The maximum atomic E-state index is 12.0. The van der Waals surface area contributed by atoms with Crippen LogP contribution in [0.4, 0.5) is 0 Å². The highest BCUT2D eigenvalue weighted by atomic mass is 16.5. The van der Waals surface area contributed by atoms with Crippen LogP contribution in [0.25, 0.3) is 0 Å². The maximum Gasteiger partial charge on any atom is 0.286 e. The van der Waals surface area contributed by atoms with Gasteiger partial charge in [-0.1, -0.05) is 24.3 Å². The number of fused-ring (bicyclic) bond motifs is 1. The standard InChI is InChI=1S/C20H24N2O3/c1-14-5-2-3-6-15(14)10-22-11-17-16(13-25-19(17)12-22)9-21-20(23)18-7-4-8-24-18/h2-8,16-17,19H,9-13H2,1H3,(H,21,23)/t16-,17+,19+/m1/s1. The number of likely N-dealkylation sites (tertiary alicyclic amines) is 1. The normalized spacial score (nSPS) is 25.9. The van der Waals surface area contributed by atoms with Crippen molar-refractivity contribution < 1.29 is 13.9 Å². The van der Waals surface area contributed by atoms with Gasteiger partial charge in [0, 0.05) is 38.0 Å². The fourth-order valence-corrected chi connectivity index (χ4v) is 3.97. The molecule has 2 fully saturated rings. The van der Waals surface area contributed by atoms with Crippen LogP contribution in [0.2, 0.25) is 0 Å². The highest BCUT2D eigenvalue weighted by Gasteiger charge is 2.43. The molecular weight excluding hydrogens is 316 g/mol. The molecule has 0 bridgehead atoms. The largest absolute Gasteiger partial charge is 0.459 e. The molecule has 5 nitrogen and oxygen atoms in total. The monoisotopic (exact) mass is 340 g/mol. The van der Waals surface area contributed by atoms with Gasteiger partial charge >= 0.3 is 0 Å². The zero-order valence-corrected chi connectivity index (χ0v) is 14.5. The van der Waals surface area contributed by atoms with E-state index >= 15 is 0 Å². The summed E-state index contributed by atoms with van der Waals surface area (Å²) in [6.07, 6.45) is 1.80. The van der Waals surface area contributed by atoms with E-state index < -0.39 is 0 Å². The molecule has 2 aliphatic heterocycles. The fraction of sp³-hybridized carbons (Fsp3) is 0.450. The number of benzene rings is 1. The van der Waals surface area contributed by atoms with Gasteiger partial charge in [0.2, 0.25) is 0 Å². The number of ether oxygens (including phenoxy) is 1. The molecule has 3 heterocycles. The van der Waals surface area contributed by atoms with Crippen molar-refractivity contribution in [1.82, 2.24) is 10.2 Å². The number of hydrogen-bond donors (Lipinski definition) is 1. The summed E-state index contributed by atoms with van der Waals surface area (Å²) in [5, 5.41) is 2.98. The van der Waals surface area contributed by atoms with Crippen LogP contribution >= 0.6 is 0 Å². The Bertz CT molecular complexity index is 728. The Hall–Kier alpha value is -2.11. The van der Waals surface area contributed by atoms with Crippen LogP contribution < -0.4 is 5.32 Å². The molecule has 2 saturated heterocycles. The van der Waals surface area contributed by atoms with Gasteiger partial charge in [0.15, 0.2) is 5.76 Å². The second-order valence-corrected chi connectivity index (χ2v) is 7.10. The zero-order valence-electron chi connectivity index (χ0n) is 14.5. The van der Waals surface area contributed by atoms with E-state index in [1.165, 1.54) is 17.4 Å². The minimum Gasteiger partial charge on any atom is -0.459 e. The van der Waals surface area contributed by atoms with Gasteiger partial charge in [-0.05, 0) is 30.2 Å². The predicted octanol–water partition coefficient (Wildman–Crippen LogP) is 2.46. The van der Waals surface area contributed by atoms with E-state index in [0.717, 1.165) is 26.2 Å². The van der Waals surface area contributed by atoms with Gasteiger partial charge in [-0.25, -0.2) is 0 Å². The number of rotatable bonds is 5. The molecule has 5 heteroatoms. The molecule has 25 heavy (non-hydrogen) atoms.